The van der Waals surface area contributed by atoms with E-state index in [1.807, 2.05) is 19.1 Å². The van der Waals surface area contributed by atoms with Crippen molar-refractivity contribution >= 4 is 17.9 Å². The molecule has 0 spiro atoms. The zero-order valence-corrected chi connectivity index (χ0v) is 21.3. The fraction of sp³-hybridized carbons (Fsp3) is 0.481. The molecule has 4 rings (SSSR count). The number of ether oxygens (including phenoxy) is 2. The van der Waals surface area contributed by atoms with Gasteiger partial charge < -0.3 is 14.8 Å². The zero-order valence-electron chi connectivity index (χ0n) is 21.3. The summed E-state index contributed by atoms with van der Waals surface area (Å²) < 4.78 is 89.1. The smallest absolute Gasteiger partial charge is 0.416 e. The number of alkyl carbamates (subject to hydrolysis) is 1. The number of carbonyl (C=O) groups is 2. The van der Waals surface area contributed by atoms with Crippen LogP contribution in [0.4, 0.5) is 41.6 Å². The molecule has 1 heterocycles. The molecule has 0 unspecified atom stereocenters. The van der Waals surface area contributed by atoms with Crippen molar-refractivity contribution in [3.63, 3.8) is 0 Å². The first-order valence-corrected chi connectivity index (χ1v) is 12.6. The lowest BCUT2D eigenvalue weighted by atomic mass is 9.88. The Hall–Kier alpha value is -3.44. The van der Waals surface area contributed by atoms with Crippen LogP contribution in [0.5, 0.6) is 0 Å². The van der Waals surface area contributed by atoms with E-state index in [2.05, 4.69) is 5.32 Å². The van der Waals surface area contributed by atoms with Gasteiger partial charge in [-0.3, -0.25) is 4.90 Å². The van der Waals surface area contributed by atoms with Gasteiger partial charge in [0, 0.05) is 12.5 Å². The van der Waals surface area contributed by atoms with Crippen molar-refractivity contribution in [1.29, 1.82) is 0 Å². The average Bonchev–Trinajstić information content (AvgIpc) is 3.32. The third-order valence-electron chi connectivity index (χ3n) is 6.95. The summed E-state index contributed by atoms with van der Waals surface area (Å²) >= 11 is 0. The quantitative estimate of drug-likeness (QED) is 0.402. The summed E-state index contributed by atoms with van der Waals surface area (Å²) in [7, 11) is 0. The highest BCUT2D eigenvalue weighted by atomic mass is 19.4. The van der Waals surface area contributed by atoms with Gasteiger partial charge in [0.2, 0.25) is 0 Å². The third-order valence-corrected chi connectivity index (χ3v) is 6.95. The molecule has 39 heavy (non-hydrogen) atoms. The van der Waals surface area contributed by atoms with E-state index in [0.717, 1.165) is 30.4 Å². The topological polar surface area (TPSA) is 67.9 Å². The number of nitrogens with zero attached hydrogens (tertiary/aromatic N) is 1. The van der Waals surface area contributed by atoms with E-state index in [-0.39, 0.29) is 30.7 Å². The molecule has 6 nitrogen and oxygen atoms in total. The lowest BCUT2D eigenvalue weighted by Crippen LogP contribution is -2.47. The number of rotatable bonds is 5. The second kappa shape index (κ2) is 11.0. The number of hydrogen-bond acceptors (Lipinski definition) is 4. The van der Waals surface area contributed by atoms with Crippen LogP contribution in [0.2, 0.25) is 0 Å². The Morgan fingerprint density at radius 1 is 1.00 bits per heavy atom. The first kappa shape index (κ1) is 28.6. The van der Waals surface area contributed by atoms with Crippen LogP contribution in [0.25, 0.3) is 0 Å². The maximum atomic E-state index is 13.1. The van der Waals surface area contributed by atoms with Crippen molar-refractivity contribution in [2.45, 2.75) is 70.4 Å². The van der Waals surface area contributed by atoms with Gasteiger partial charge in [-0.2, -0.15) is 26.3 Å². The molecule has 2 aromatic rings. The first-order valence-electron chi connectivity index (χ1n) is 12.6. The van der Waals surface area contributed by atoms with Crippen LogP contribution in [-0.2, 0) is 41.1 Å². The van der Waals surface area contributed by atoms with Crippen LogP contribution in [0.3, 0.4) is 0 Å². The number of benzene rings is 2. The molecule has 0 fully saturated rings. The first-order chi connectivity index (χ1) is 18.3. The second-order valence-electron chi connectivity index (χ2n) is 9.65. The molecular weight excluding hydrogens is 530 g/mol. The minimum absolute atomic E-state index is 0.0507. The number of anilines is 1. The highest BCUT2D eigenvalue weighted by Gasteiger charge is 2.39. The van der Waals surface area contributed by atoms with Gasteiger partial charge >= 0.3 is 24.5 Å². The molecule has 1 aliphatic carbocycles. The van der Waals surface area contributed by atoms with Gasteiger partial charge in [0.05, 0.1) is 36.1 Å². The number of carbonyl (C=O) groups excluding carboxylic acids is 2. The van der Waals surface area contributed by atoms with E-state index < -0.39 is 48.3 Å². The van der Waals surface area contributed by atoms with Crippen LogP contribution in [0.1, 0.15) is 66.1 Å². The monoisotopic (exact) mass is 558 g/mol. The minimum Gasteiger partial charge on any atom is -0.449 e. The highest BCUT2D eigenvalue weighted by Crippen LogP contribution is 2.44. The summed E-state index contributed by atoms with van der Waals surface area (Å²) in [5.74, 6) is 0. The van der Waals surface area contributed by atoms with Gasteiger partial charge in [-0.25, -0.2) is 9.59 Å². The summed E-state index contributed by atoms with van der Waals surface area (Å²) in [4.78, 5) is 27.0. The van der Waals surface area contributed by atoms with Crippen molar-refractivity contribution in [2.75, 3.05) is 18.1 Å². The van der Waals surface area contributed by atoms with Crippen LogP contribution < -0.4 is 10.2 Å². The van der Waals surface area contributed by atoms with Gasteiger partial charge in [0.25, 0.3) is 0 Å². The number of aryl methyl sites for hydroxylation is 1. The fourth-order valence-corrected chi connectivity index (χ4v) is 5.23. The summed E-state index contributed by atoms with van der Waals surface area (Å²) in [5, 5.41) is 2.75. The molecule has 1 aliphatic heterocycles. The van der Waals surface area contributed by atoms with Gasteiger partial charge in [-0.05, 0) is 80.0 Å². The zero-order chi connectivity index (χ0) is 28.5. The molecule has 1 N–H and O–H groups in total. The molecule has 212 valence electrons. The molecule has 2 aliphatic rings. The number of amides is 2. The molecule has 0 radical (unpaired) electrons. The molecule has 2 amide bonds. The lowest BCUT2D eigenvalue weighted by molar-refractivity contribution is -0.143. The minimum atomic E-state index is -4.96. The molecule has 0 saturated heterocycles. The summed E-state index contributed by atoms with van der Waals surface area (Å²) in [6.07, 6.45) is -8.69. The Labute approximate surface area is 221 Å². The number of hydrogen-bond donors (Lipinski definition) is 1. The molecule has 0 bridgehead atoms. The van der Waals surface area contributed by atoms with Gasteiger partial charge in [0.15, 0.2) is 0 Å². The predicted octanol–water partition coefficient (Wildman–Crippen LogP) is 6.98. The molecule has 12 heteroatoms. The SMILES string of the molecule is CCOC(=O)N1c2c(ccc3c2CCC3)[C@@H](NC(=O)OCCc2cc(C(F)(F)F)cc(C(F)(F)F)c2)C[C@H]1C. The number of halogens is 6. The van der Waals surface area contributed by atoms with Crippen molar-refractivity contribution in [2.24, 2.45) is 0 Å². The standard InChI is InChI=1S/C27H28F6N2O4/c1-3-38-25(37)35-15(2)11-22(21-8-7-17-5-4-6-20(17)23(21)35)34-24(36)39-10-9-16-12-18(26(28,29)30)14-19(13-16)27(31,32)33/h7-8,12-15,22H,3-6,9-11H2,1-2H3,(H,34,36)/t15-,22+/m1/s1. The molecule has 2 atom stereocenters. The second-order valence-corrected chi connectivity index (χ2v) is 9.65. The maximum Gasteiger partial charge on any atom is 0.416 e. The van der Waals surface area contributed by atoms with Crippen LogP contribution in [-0.4, -0.2) is 31.4 Å². The van der Waals surface area contributed by atoms with Crippen molar-refractivity contribution in [1.82, 2.24) is 5.32 Å². The van der Waals surface area contributed by atoms with E-state index in [0.29, 0.717) is 29.8 Å². The maximum absolute atomic E-state index is 13.1. The van der Waals surface area contributed by atoms with E-state index >= 15 is 0 Å². The largest absolute Gasteiger partial charge is 0.449 e. The average molecular weight is 559 g/mol. The lowest BCUT2D eigenvalue weighted by Gasteiger charge is -2.40. The summed E-state index contributed by atoms with van der Waals surface area (Å²) in [6, 6.07) is 4.25. The Bertz CT molecular complexity index is 1210. The van der Waals surface area contributed by atoms with E-state index in [1.165, 1.54) is 0 Å². The highest BCUT2D eigenvalue weighted by molar-refractivity contribution is 5.92. The Morgan fingerprint density at radius 2 is 1.67 bits per heavy atom. The van der Waals surface area contributed by atoms with Crippen molar-refractivity contribution in [3.8, 4) is 0 Å². The number of nitrogens with one attached hydrogen (secondary N) is 1. The molecule has 0 aromatic heterocycles. The van der Waals surface area contributed by atoms with Crippen LogP contribution >= 0.6 is 0 Å². The Morgan fingerprint density at radius 3 is 2.28 bits per heavy atom. The van der Waals surface area contributed by atoms with Crippen LogP contribution in [0.15, 0.2) is 30.3 Å². The fourth-order valence-electron chi connectivity index (χ4n) is 5.23. The number of fused-ring (bicyclic) bond motifs is 3. The Balaban J connectivity index is 1.48. The Kier molecular flexibility index (Phi) is 8.04. The van der Waals surface area contributed by atoms with Crippen molar-refractivity contribution < 1.29 is 45.4 Å². The summed E-state index contributed by atoms with van der Waals surface area (Å²) in [6.45, 7) is 3.32. The van der Waals surface area contributed by atoms with Gasteiger partial charge in [-0.15, -0.1) is 0 Å². The van der Waals surface area contributed by atoms with E-state index in [4.69, 9.17) is 9.47 Å². The van der Waals surface area contributed by atoms with E-state index in [9.17, 15) is 35.9 Å². The normalized spacial score (nSPS) is 18.8. The molecule has 0 saturated carbocycles. The summed E-state index contributed by atoms with van der Waals surface area (Å²) in [5.41, 5.74) is 0.450. The molecular formula is C27H28F6N2O4. The van der Waals surface area contributed by atoms with Gasteiger partial charge in [-0.1, -0.05) is 12.1 Å². The van der Waals surface area contributed by atoms with Crippen LogP contribution in [0, 0.1) is 0 Å². The van der Waals surface area contributed by atoms with Gasteiger partial charge in [0.1, 0.15) is 0 Å². The predicted molar refractivity (Wildman–Crippen MR) is 129 cm³/mol. The van der Waals surface area contributed by atoms with Crippen molar-refractivity contribution in [3.05, 3.63) is 63.7 Å². The van der Waals surface area contributed by atoms with E-state index in [1.54, 1.807) is 11.8 Å². The number of alkyl halides is 6. The molecule has 2 aromatic carbocycles. The third kappa shape index (κ3) is 6.25.